The molecule has 4 rings (SSSR count). The van der Waals surface area contributed by atoms with Crippen molar-refractivity contribution >= 4 is 74.6 Å². The molecule has 0 saturated carbocycles. The van der Waals surface area contributed by atoms with Gasteiger partial charge in [-0.1, -0.05) is 53.8 Å². The number of fused-ring (bicyclic) bond motifs is 1. The van der Waals surface area contributed by atoms with E-state index in [1.54, 1.807) is 48.5 Å². The number of hydrogen-bond donors (Lipinski definition) is 1. The van der Waals surface area contributed by atoms with Crippen LogP contribution in [0.4, 0.5) is 11.4 Å². The zero-order valence-electron chi connectivity index (χ0n) is 18.4. The molecule has 3 amide bonds. The molecule has 1 saturated heterocycles. The summed E-state index contributed by atoms with van der Waals surface area (Å²) < 4.78 is 5.76. The van der Waals surface area contributed by atoms with Crippen LogP contribution in [0.15, 0.2) is 53.4 Å². The van der Waals surface area contributed by atoms with Crippen LogP contribution >= 0.6 is 35.6 Å². The van der Waals surface area contributed by atoms with Crippen LogP contribution < -0.4 is 10.2 Å². The fraction of sp³-hybridized carbons (Fsp3) is 0.250. The van der Waals surface area contributed by atoms with Crippen LogP contribution in [-0.4, -0.2) is 53.2 Å². The summed E-state index contributed by atoms with van der Waals surface area (Å²) in [4.78, 5) is 42.5. The summed E-state index contributed by atoms with van der Waals surface area (Å²) in [5.41, 5.74) is 2.04. The standard InChI is InChI=1S/C24H22ClN3O4S2/c1-2-32-13-5-12-27-23(31)21(34-24(27)33)20-17-6-3-4-7-18(17)28(22(20)30)14-19(29)26-16-10-8-15(25)9-11-16/h3-4,6-11H,2,5,12-14H2,1H3,(H,26,29)/b21-20-. The number of carbonyl (C=O) groups is 3. The lowest BCUT2D eigenvalue weighted by molar-refractivity contribution is -0.122. The maximum atomic E-state index is 13.5. The molecule has 0 atom stereocenters. The summed E-state index contributed by atoms with van der Waals surface area (Å²) in [5, 5.41) is 3.32. The molecule has 2 aliphatic rings. The molecule has 0 spiro atoms. The fourth-order valence-corrected chi connectivity index (χ4v) is 5.25. The number of para-hydroxylation sites is 1. The van der Waals surface area contributed by atoms with Crippen LogP contribution in [0.2, 0.25) is 5.02 Å². The maximum Gasteiger partial charge on any atom is 0.267 e. The van der Waals surface area contributed by atoms with Crippen LogP contribution in [0.1, 0.15) is 18.9 Å². The van der Waals surface area contributed by atoms with Crippen molar-refractivity contribution in [1.82, 2.24) is 4.90 Å². The smallest absolute Gasteiger partial charge is 0.267 e. The van der Waals surface area contributed by atoms with Crippen LogP contribution in [0.5, 0.6) is 0 Å². The lowest BCUT2D eigenvalue weighted by Crippen LogP contribution is -2.35. The molecule has 2 aromatic rings. The summed E-state index contributed by atoms with van der Waals surface area (Å²) in [5.74, 6) is -1.06. The Morgan fingerprint density at radius 3 is 2.56 bits per heavy atom. The number of anilines is 2. The first kappa shape index (κ1) is 24.4. The number of hydrogen-bond acceptors (Lipinski definition) is 6. The lowest BCUT2D eigenvalue weighted by atomic mass is 10.1. The minimum atomic E-state index is -0.401. The van der Waals surface area contributed by atoms with Crippen molar-refractivity contribution in [3.8, 4) is 0 Å². The number of thiocarbonyl (C=S) groups is 1. The number of thioether (sulfide) groups is 1. The average Bonchev–Trinajstić information content (AvgIpc) is 3.25. The van der Waals surface area contributed by atoms with E-state index in [-0.39, 0.29) is 23.9 Å². The monoisotopic (exact) mass is 515 g/mol. The second-order valence-corrected chi connectivity index (χ2v) is 9.62. The van der Waals surface area contributed by atoms with Gasteiger partial charge in [-0.05, 0) is 43.7 Å². The molecule has 2 aromatic carbocycles. The number of rotatable bonds is 8. The molecule has 0 unspecified atom stereocenters. The quantitative estimate of drug-likeness (QED) is 0.320. The topological polar surface area (TPSA) is 79.0 Å². The summed E-state index contributed by atoms with van der Waals surface area (Å²) in [6, 6.07) is 13.8. The molecule has 176 valence electrons. The third-order valence-corrected chi connectivity index (χ3v) is 7.00. The first-order chi connectivity index (χ1) is 16.4. The zero-order valence-corrected chi connectivity index (χ0v) is 20.8. The van der Waals surface area contributed by atoms with Crippen molar-refractivity contribution in [1.29, 1.82) is 0 Å². The van der Waals surface area contributed by atoms with Gasteiger partial charge in [-0.3, -0.25) is 24.2 Å². The predicted molar refractivity (Wildman–Crippen MR) is 139 cm³/mol. The van der Waals surface area contributed by atoms with Gasteiger partial charge in [-0.15, -0.1) is 0 Å². The van der Waals surface area contributed by atoms with Gasteiger partial charge < -0.3 is 10.1 Å². The number of amides is 3. The van der Waals surface area contributed by atoms with Crippen LogP contribution in [0.25, 0.3) is 5.57 Å². The Hall–Kier alpha value is -2.72. The minimum Gasteiger partial charge on any atom is -0.382 e. The molecular formula is C24H22ClN3O4S2. The Bertz CT molecular complexity index is 1180. The average molecular weight is 516 g/mol. The van der Waals surface area contributed by atoms with Crippen LogP contribution in [-0.2, 0) is 19.1 Å². The molecular weight excluding hydrogens is 494 g/mol. The second kappa shape index (κ2) is 10.7. The minimum absolute atomic E-state index is 0.198. The van der Waals surface area contributed by atoms with Crippen molar-refractivity contribution < 1.29 is 19.1 Å². The molecule has 0 aliphatic carbocycles. The molecule has 7 nitrogen and oxygen atoms in total. The molecule has 2 heterocycles. The molecule has 0 aromatic heterocycles. The van der Waals surface area contributed by atoms with Gasteiger partial charge in [0.05, 0.1) is 16.2 Å². The van der Waals surface area contributed by atoms with E-state index in [0.717, 1.165) is 11.8 Å². The number of nitrogens with one attached hydrogen (secondary N) is 1. The van der Waals surface area contributed by atoms with Crippen LogP contribution in [0, 0.1) is 0 Å². The molecule has 10 heteroatoms. The Balaban J connectivity index is 1.57. The number of benzene rings is 2. The van der Waals surface area contributed by atoms with E-state index in [0.29, 0.717) is 57.4 Å². The first-order valence-corrected chi connectivity index (χ1v) is 12.3. The van der Waals surface area contributed by atoms with E-state index in [4.69, 9.17) is 28.6 Å². The van der Waals surface area contributed by atoms with Crippen molar-refractivity contribution in [3.05, 3.63) is 64.0 Å². The molecule has 1 fully saturated rings. The number of nitrogens with zero attached hydrogens (tertiary/aromatic N) is 2. The fourth-order valence-electron chi connectivity index (χ4n) is 3.75. The van der Waals surface area contributed by atoms with E-state index in [1.165, 1.54) is 9.80 Å². The second-order valence-electron chi connectivity index (χ2n) is 7.54. The highest BCUT2D eigenvalue weighted by molar-refractivity contribution is 8.26. The normalized spacial score (nSPS) is 17.5. The SMILES string of the molecule is CCOCCCN1C(=O)/C(=C2/C(=O)N(CC(=O)Nc3ccc(Cl)cc3)c3ccccc32)SC1=S. The van der Waals surface area contributed by atoms with Gasteiger partial charge in [-0.25, -0.2) is 0 Å². The summed E-state index contributed by atoms with van der Waals surface area (Å²) in [6.45, 7) is 3.27. The van der Waals surface area contributed by atoms with Gasteiger partial charge in [0, 0.05) is 36.0 Å². The number of halogens is 1. The van der Waals surface area contributed by atoms with E-state index in [1.807, 2.05) is 6.92 Å². The summed E-state index contributed by atoms with van der Waals surface area (Å²) in [7, 11) is 0. The Morgan fingerprint density at radius 2 is 1.82 bits per heavy atom. The van der Waals surface area contributed by atoms with Gasteiger partial charge in [-0.2, -0.15) is 0 Å². The molecule has 34 heavy (non-hydrogen) atoms. The highest BCUT2D eigenvalue weighted by Gasteiger charge is 2.42. The summed E-state index contributed by atoms with van der Waals surface area (Å²) >= 11 is 12.4. The van der Waals surface area contributed by atoms with Gasteiger partial charge in [0.15, 0.2) is 0 Å². The van der Waals surface area contributed by atoms with Gasteiger partial charge >= 0.3 is 0 Å². The predicted octanol–water partition coefficient (Wildman–Crippen LogP) is 4.32. The highest BCUT2D eigenvalue weighted by atomic mass is 35.5. The molecule has 0 bridgehead atoms. The first-order valence-electron chi connectivity index (χ1n) is 10.7. The van der Waals surface area contributed by atoms with E-state index >= 15 is 0 Å². The van der Waals surface area contributed by atoms with E-state index < -0.39 is 5.91 Å². The van der Waals surface area contributed by atoms with Crippen molar-refractivity contribution in [2.45, 2.75) is 13.3 Å². The molecule has 0 radical (unpaired) electrons. The van der Waals surface area contributed by atoms with Crippen molar-refractivity contribution in [3.63, 3.8) is 0 Å². The highest BCUT2D eigenvalue weighted by Crippen LogP contribution is 2.44. The largest absolute Gasteiger partial charge is 0.382 e. The van der Waals surface area contributed by atoms with Crippen molar-refractivity contribution in [2.75, 3.05) is 36.5 Å². The third-order valence-electron chi connectivity index (χ3n) is 5.30. The van der Waals surface area contributed by atoms with Crippen LogP contribution in [0.3, 0.4) is 0 Å². The Morgan fingerprint density at radius 1 is 1.09 bits per heavy atom. The Labute approximate surface area is 212 Å². The van der Waals surface area contributed by atoms with Gasteiger partial charge in [0.2, 0.25) is 5.91 Å². The third kappa shape index (κ3) is 5.02. The van der Waals surface area contributed by atoms with Crippen molar-refractivity contribution in [2.24, 2.45) is 0 Å². The van der Waals surface area contributed by atoms with Gasteiger partial charge in [0.25, 0.3) is 11.8 Å². The molecule has 1 N–H and O–H groups in total. The van der Waals surface area contributed by atoms with Gasteiger partial charge in [0.1, 0.15) is 10.9 Å². The summed E-state index contributed by atoms with van der Waals surface area (Å²) in [6.07, 6.45) is 0.643. The Kier molecular flexibility index (Phi) is 7.67. The van der Waals surface area contributed by atoms with E-state index in [2.05, 4.69) is 5.32 Å². The number of carbonyl (C=O) groups excluding carboxylic acids is 3. The lowest BCUT2D eigenvalue weighted by Gasteiger charge is -2.17. The maximum absolute atomic E-state index is 13.5. The zero-order chi connectivity index (χ0) is 24.2. The van der Waals surface area contributed by atoms with E-state index in [9.17, 15) is 14.4 Å². The number of ether oxygens (including phenoxy) is 1. The molecule has 2 aliphatic heterocycles.